The number of carbonyl (C=O) groups excluding carboxylic acids is 2. The summed E-state index contributed by atoms with van der Waals surface area (Å²) in [6, 6.07) is 21.9. The number of thioether (sulfide) groups is 1. The number of piperazine rings is 1. The van der Waals surface area contributed by atoms with Gasteiger partial charge in [-0.05, 0) is 58.5 Å². The van der Waals surface area contributed by atoms with Crippen LogP contribution >= 0.6 is 35.8 Å². The number of H-pyrrole nitrogens is 1. The Bertz CT molecular complexity index is 1990. The lowest BCUT2D eigenvalue weighted by atomic mass is 9.98. The van der Waals surface area contributed by atoms with Gasteiger partial charge in [-0.25, -0.2) is 4.39 Å². The van der Waals surface area contributed by atoms with Crippen molar-refractivity contribution in [1.29, 1.82) is 0 Å². The molecule has 10 nitrogen and oxygen atoms in total. The number of hydrogen-bond donors (Lipinski definition) is 2. The van der Waals surface area contributed by atoms with Crippen molar-refractivity contribution < 1.29 is 14.0 Å². The lowest BCUT2D eigenvalue weighted by Crippen LogP contribution is -2.48. The van der Waals surface area contributed by atoms with E-state index in [1.807, 2.05) is 60.4 Å². The Labute approximate surface area is 317 Å². The monoisotopic (exact) mass is 763 g/mol. The summed E-state index contributed by atoms with van der Waals surface area (Å²) >= 11 is 7.40. The number of amides is 2. The molecule has 1 atom stereocenters. The first-order chi connectivity index (χ1) is 24.7. The minimum atomic E-state index is -0.382. The molecule has 3 heterocycles. The second-order valence-corrected chi connectivity index (χ2v) is 13.9. The fraction of sp³-hybridized carbons (Fsp3) is 0.289. The van der Waals surface area contributed by atoms with Crippen molar-refractivity contribution in [2.24, 2.45) is 0 Å². The van der Waals surface area contributed by atoms with E-state index in [1.165, 1.54) is 23.9 Å². The topological polar surface area (TPSA) is 116 Å². The van der Waals surface area contributed by atoms with Gasteiger partial charge in [0.1, 0.15) is 12.4 Å². The van der Waals surface area contributed by atoms with E-state index in [-0.39, 0.29) is 48.1 Å². The van der Waals surface area contributed by atoms with Crippen molar-refractivity contribution in [3.8, 4) is 11.1 Å². The Morgan fingerprint density at radius 1 is 1.02 bits per heavy atom. The molecule has 1 aliphatic rings. The van der Waals surface area contributed by atoms with E-state index in [1.54, 1.807) is 40.2 Å². The summed E-state index contributed by atoms with van der Waals surface area (Å²) in [6.45, 7) is 4.88. The molecule has 2 amide bonds. The van der Waals surface area contributed by atoms with Gasteiger partial charge >= 0.3 is 0 Å². The molecule has 6 rings (SSSR count). The normalized spacial score (nSPS) is 13.4. The van der Waals surface area contributed by atoms with Crippen LogP contribution in [0.1, 0.15) is 41.5 Å². The van der Waals surface area contributed by atoms with Crippen LogP contribution in [0.2, 0.25) is 5.02 Å². The quantitative estimate of drug-likeness (QED) is 0.103. The van der Waals surface area contributed by atoms with Crippen molar-refractivity contribution in [2.75, 3.05) is 32.7 Å². The number of nitrogens with zero attached hydrogens (tertiary/aromatic N) is 5. The maximum absolute atomic E-state index is 14.3. The zero-order valence-electron chi connectivity index (χ0n) is 28.6. The maximum Gasteiger partial charge on any atom is 0.277 e. The molecule has 52 heavy (non-hydrogen) atoms. The second-order valence-electron chi connectivity index (χ2n) is 12.5. The Morgan fingerprint density at radius 3 is 2.38 bits per heavy atom. The van der Waals surface area contributed by atoms with Gasteiger partial charge < -0.3 is 19.7 Å². The van der Waals surface area contributed by atoms with E-state index in [0.717, 1.165) is 34.4 Å². The standard InChI is InChI=1S/C38H39ClFN7O3S.ClH/c1-26(31-19-42-43-20-31)34-23-47(38(44-37(34)50)51-25-28-5-13-33(40)14-6-28)24-36(49)46(17-2-16-45-18-15-41-21-35(45)48)22-27-3-7-29(8-4-27)30-9-11-32(39)12-10-30;/h3-14,19-20,23,26,41H,2,15-18,21-22,24-25H2,1H3,(H,42,43);1H. The molecule has 1 unspecified atom stereocenters. The molecule has 2 N–H and O–H groups in total. The highest BCUT2D eigenvalue weighted by atomic mass is 35.5. The summed E-state index contributed by atoms with van der Waals surface area (Å²) in [7, 11) is 0. The first kappa shape index (κ1) is 38.7. The summed E-state index contributed by atoms with van der Waals surface area (Å²) in [6.07, 6.45) is 5.73. The third-order valence-electron chi connectivity index (χ3n) is 8.96. The fourth-order valence-corrected chi connectivity index (χ4v) is 7.01. The summed E-state index contributed by atoms with van der Waals surface area (Å²) < 4.78 is 15.3. The smallest absolute Gasteiger partial charge is 0.277 e. The molecule has 1 fully saturated rings. The molecule has 5 aromatic rings. The predicted molar refractivity (Wildman–Crippen MR) is 204 cm³/mol. The van der Waals surface area contributed by atoms with Crippen LogP contribution in [0.3, 0.4) is 0 Å². The van der Waals surface area contributed by atoms with Crippen LogP contribution in [0.25, 0.3) is 11.1 Å². The molecule has 0 radical (unpaired) electrons. The van der Waals surface area contributed by atoms with Crippen molar-refractivity contribution in [2.45, 2.75) is 43.3 Å². The van der Waals surface area contributed by atoms with Crippen molar-refractivity contribution in [3.05, 3.63) is 135 Å². The van der Waals surface area contributed by atoms with Crippen LogP contribution in [0.4, 0.5) is 4.39 Å². The van der Waals surface area contributed by atoms with Gasteiger partial charge in [-0.2, -0.15) is 10.1 Å². The average molecular weight is 765 g/mol. The van der Waals surface area contributed by atoms with Gasteiger partial charge in [-0.3, -0.25) is 19.5 Å². The number of benzene rings is 3. The first-order valence-electron chi connectivity index (χ1n) is 16.8. The van der Waals surface area contributed by atoms with Crippen LogP contribution in [-0.4, -0.2) is 74.1 Å². The summed E-state index contributed by atoms with van der Waals surface area (Å²) in [5.74, 6) is -0.311. The number of hydrogen-bond acceptors (Lipinski definition) is 7. The van der Waals surface area contributed by atoms with Gasteiger partial charge in [-0.15, -0.1) is 12.4 Å². The molecular weight excluding hydrogens is 724 g/mol. The molecule has 1 aliphatic heterocycles. The Kier molecular flexibility index (Phi) is 13.6. The highest BCUT2D eigenvalue weighted by Crippen LogP contribution is 2.26. The van der Waals surface area contributed by atoms with Gasteiger partial charge in [0, 0.05) is 67.4 Å². The fourth-order valence-electron chi connectivity index (χ4n) is 5.96. The van der Waals surface area contributed by atoms with Crippen LogP contribution in [0.15, 0.2) is 101 Å². The maximum atomic E-state index is 14.3. The molecule has 2 aromatic heterocycles. The van der Waals surface area contributed by atoms with E-state index in [0.29, 0.717) is 60.6 Å². The molecule has 0 spiro atoms. The van der Waals surface area contributed by atoms with Crippen molar-refractivity contribution >= 4 is 47.6 Å². The molecule has 0 saturated carbocycles. The summed E-state index contributed by atoms with van der Waals surface area (Å²) in [5.41, 5.74) is 4.77. The van der Waals surface area contributed by atoms with Crippen LogP contribution in [0, 0.1) is 5.82 Å². The number of rotatable bonds is 14. The zero-order chi connectivity index (χ0) is 35.7. The third-order valence-corrected chi connectivity index (χ3v) is 10.3. The molecule has 272 valence electrons. The summed E-state index contributed by atoms with van der Waals surface area (Å²) in [5, 5.41) is 11.0. The molecule has 1 saturated heterocycles. The van der Waals surface area contributed by atoms with Gasteiger partial charge in [0.25, 0.3) is 5.56 Å². The number of carbonyl (C=O) groups is 2. The third kappa shape index (κ3) is 10.1. The largest absolute Gasteiger partial charge is 0.340 e. The predicted octanol–water partition coefficient (Wildman–Crippen LogP) is 6.14. The number of nitrogens with one attached hydrogen (secondary N) is 2. The van der Waals surface area contributed by atoms with E-state index in [2.05, 4.69) is 20.5 Å². The minimum absolute atomic E-state index is 0. The lowest BCUT2D eigenvalue weighted by Gasteiger charge is -2.29. The SMILES string of the molecule is CC(c1cn[nH]c1)c1cn(CC(=O)N(CCCN2CCNCC2=O)Cc2ccc(-c3ccc(Cl)cc3)cc2)c(SCc2ccc(F)cc2)nc1=O.Cl. The molecule has 3 aromatic carbocycles. The Hall–Kier alpha value is -4.49. The average Bonchev–Trinajstić information content (AvgIpc) is 3.68. The van der Waals surface area contributed by atoms with Crippen molar-refractivity contribution in [3.63, 3.8) is 0 Å². The Balaban J connectivity index is 0.00000523. The summed E-state index contributed by atoms with van der Waals surface area (Å²) in [4.78, 5) is 48.1. The van der Waals surface area contributed by atoms with Gasteiger partial charge in [-0.1, -0.05) is 78.8 Å². The van der Waals surface area contributed by atoms with Crippen LogP contribution in [-0.2, 0) is 28.4 Å². The molecule has 14 heteroatoms. The molecular formula is C38H40Cl2FN7O3S. The number of halogens is 3. The highest BCUT2D eigenvalue weighted by molar-refractivity contribution is 7.98. The van der Waals surface area contributed by atoms with Crippen LogP contribution in [0.5, 0.6) is 0 Å². The van der Waals surface area contributed by atoms with Gasteiger partial charge in [0.05, 0.1) is 12.7 Å². The van der Waals surface area contributed by atoms with Crippen LogP contribution < -0.4 is 10.9 Å². The molecule has 0 aliphatic carbocycles. The second kappa shape index (κ2) is 18.3. The van der Waals surface area contributed by atoms with Gasteiger partial charge in [0.15, 0.2) is 5.16 Å². The van der Waals surface area contributed by atoms with E-state index in [9.17, 15) is 18.8 Å². The highest BCUT2D eigenvalue weighted by Gasteiger charge is 2.22. The van der Waals surface area contributed by atoms with Crippen molar-refractivity contribution in [1.82, 2.24) is 34.9 Å². The van der Waals surface area contributed by atoms with E-state index in [4.69, 9.17) is 11.6 Å². The first-order valence-corrected chi connectivity index (χ1v) is 18.2. The zero-order valence-corrected chi connectivity index (χ0v) is 31.0. The number of aromatic amines is 1. The van der Waals surface area contributed by atoms with E-state index >= 15 is 0 Å². The lowest BCUT2D eigenvalue weighted by molar-refractivity contribution is -0.133. The van der Waals surface area contributed by atoms with E-state index < -0.39 is 0 Å². The van der Waals surface area contributed by atoms with Gasteiger partial charge in [0.2, 0.25) is 11.8 Å². The molecule has 0 bridgehead atoms. The number of aromatic nitrogens is 4. The minimum Gasteiger partial charge on any atom is -0.340 e. The Morgan fingerprint density at radius 2 is 1.71 bits per heavy atom.